The highest BCUT2D eigenvalue weighted by atomic mass is 79.9. The second kappa shape index (κ2) is 8.03. The molecule has 146 valence electrons. The monoisotopic (exact) mass is 445 g/mol. The second-order valence-corrected chi connectivity index (χ2v) is 8.00. The van der Waals surface area contributed by atoms with Gasteiger partial charge in [-0.25, -0.2) is 4.39 Å². The molecule has 5 nitrogen and oxygen atoms in total. The summed E-state index contributed by atoms with van der Waals surface area (Å²) in [4.78, 5) is 17.6. The summed E-state index contributed by atoms with van der Waals surface area (Å²) in [6, 6.07) is 11.8. The lowest BCUT2D eigenvalue weighted by Gasteiger charge is -2.18. The van der Waals surface area contributed by atoms with Crippen LogP contribution < -0.4 is 5.32 Å². The molecule has 2 heterocycles. The number of carbonyl (C=O) groups is 1. The van der Waals surface area contributed by atoms with Crippen molar-refractivity contribution in [2.75, 3.05) is 13.1 Å². The van der Waals surface area contributed by atoms with Crippen LogP contribution in [0.15, 0.2) is 53.1 Å². The molecule has 1 aliphatic heterocycles. The van der Waals surface area contributed by atoms with E-state index in [4.69, 9.17) is 0 Å². The first-order valence-corrected chi connectivity index (χ1v) is 10.0. The summed E-state index contributed by atoms with van der Waals surface area (Å²) < 4.78 is 14.0. The second-order valence-electron chi connectivity index (χ2n) is 7.09. The molecule has 1 saturated heterocycles. The topological polar surface area (TPSA) is 68.4 Å². The number of nitrogens with one attached hydrogen (secondary N) is 2. The van der Waals surface area contributed by atoms with Crippen LogP contribution in [-0.2, 0) is 11.3 Å². The molecule has 3 N–H and O–H groups in total. The molecule has 28 heavy (non-hydrogen) atoms. The van der Waals surface area contributed by atoms with Gasteiger partial charge >= 0.3 is 0 Å². The smallest absolute Gasteiger partial charge is 0.240 e. The van der Waals surface area contributed by atoms with Crippen molar-refractivity contribution in [3.63, 3.8) is 0 Å². The van der Waals surface area contributed by atoms with Crippen LogP contribution in [0.25, 0.3) is 10.9 Å². The van der Waals surface area contributed by atoms with Crippen LogP contribution in [0.2, 0.25) is 0 Å². The van der Waals surface area contributed by atoms with Gasteiger partial charge in [0.1, 0.15) is 5.82 Å². The number of benzene rings is 2. The van der Waals surface area contributed by atoms with E-state index in [1.807, 2.05) is 18.2 Å². The van der Waals surface area contributed by atoms with E-state index < -0.39 is 6.10 Å². The van der Waals surface area contributed by atoms with Crippen LogP contribution in [-0.4, -0.2) is 40.0 Å². The zero-order valence-corrected chi connectivity index (χ0v) is 16.7. The van der Waals surface area contributed by atoms with Crippen molar-refractivity contribution in [3.8, 4) is 0 Å². The zero-order valence-electron chi connectivity index (χ0n) is 15.2. The maximum Gasteiger partial charge on any atom is 0.240 e. The number of hydrogen-bond donors (Lipinski definition) is 3. The summed E-state index contributed by atoms with van der Waals surface area (Å²) >= 11 is 3.46. The van der Waals surface area contributed by atoms with Crippen molar-refractivity contribution in [1.82, 2.24) is 15.2 Å². The number of aromatic nitrogens is 1. The van der Waals surface area contributed by atoms with E-state index in [-0.39, 0.29) is 17.8 Å². The van der Waals surface area contributed by atoms with Gasteiger partial charge in [0.25, 0.3) is 0 Å². The molecule has 1 fully saturated rings. The number of likely N-dealkylation sites (tertiary alicyclic amines) is 1. The first-order chi connectivity index (χ1) is 13.5. The minimum atomic E-state index is -0.720. The van der Waals surface area contributed by atoms with Gasteiger partial charge in [0, 0.05) is 46.8 Å². The number of hydrogen-bond acceptors (Lipinski definition) is 3. The molecule has 3 aromatic rings. The third-order valence-electron chi connectivity index (χ3n) is 5.18. The normalized spacial score (nSPS) is 18.2. The number of aliphatic hydroxyl groups is 1. The molecule has 0 radical (unpaired) electrons. The first kappa shape index (κ1) is 19.1. The van der Waals surface area contributed by atoms with Crippen LogP contribution in [0.1, 0.15) is 23.7 Å². The predicted molar refractivity (Wildman–Crippen MR) is 109 cm³/mol. The van der Waals surface area contributed by atoms with Crippen LogP contribution in [0.4, 0.5) is 4.39 Å². The highest BCUT2D eigenvalue weighted by Gasteiger charge is 2.31. The molecule has 1 aromatic heterocycles. The minimum absolute atomic E-state index is 0.0122. The van der Waals surface area contributed by atoms with Crippen molar-refractivity contribution in [1.29, 1.82) is 0 Å². The van der Waals surface area contributed by atoms with Crippen molar-refractivity contribution in [2.45, 2.75) is 25.1 Å². The molecule has 1 amide bonds. The number of halogens is 2. The number of aromatic amines is 1. The molecule has 0 spiro atoms. The molecule has 4 rings (SSSR count). The first-order valence-electron chi connectivity index (χ1n) is 9.22. The van der Waals surface area contributed by atoms with Gasteiger partial charge in [-0.1, -0.05) is 28.1 Å². The number of nitrogens with zero attached hydrogens (tertiary/aromatic N) is 1. The van der Waals surface area contributed by atoms with E-state index >= 15 is 0 Å². The SMILES string of the molecule is O=C1C(NCC(O)c2c[nH]c3ccc(Br)cc23)CCN1Cc1ccc(F)cc1. The van der Waals surface area contributed by atoms with Gasteiger partial charge < -0.3 is 20.3 Å². The lowest BCUT2D eigenvalue weighted by Crippen LogP contribution is -2.39. The van der Waals surface area contributed by atoms with E-state index in [1.165, 1.54) is 12.1 Å². The van der Waals surface area contributed by atoms with Crippen LogP contribution >= 0.6 is 15.9 Å². The van der Waals surface area contributed by atoms with E-state index in [1.54, 1.807) is 23.2 Å². The summed E-state index contributed by atoms with van der Waals surface area (Å²) in [6.45, 7) is 1.40. The third kappa shape index (κ3) is 3.97. The van der Waals surface area contributed by atoms with Gasteiger partial charge in [0.05, 0.1) is 12.1 Å². The fraction of sp³-hybridized carbons (Fsp3) is 0.286. The Bertz CT molecular complexity index is 989. The number of H-pyrrole nitrogens is 1. The molecule has 0 bridgehead atoms. The Kier molecular flexibility index (Phi) is 5.48. The summed E-state index contributed by atoms with van der Waals surface area (Å²) in [5, 5.41) is 14.8. The standard InChI is InChI=1S/C21H21BrFN3O2/c22-14-3-6-18-16(9-14)17(10-24-18)20(27)11-25-19-7-8-26(21(19)28)12-13-1-4-15(23)5-2-13/h1-6,9-10,19-20,24-25,27H,7-8,11-12H2. The van der Waals surface area contributed by atoms with E-state index in [0.717, 1.165) is 26.5 Å². The Morgan fingerprint density at radius 3 is 2.86 bits per heavy atom. The number of aliphatic hydroxyl groups excluding tert-OH is 1. The summed E-state index contributed by atoms with van der Waals surface area (Å²) in [5.74, 6) is -0.271. The number of rotatable bonds is 6. The van der Waals surface area contributed by atoms with Crippen LogP contribution in [0.3, 0.4) is 0 Å². The lowest BCUT2D eigenvalue weighted by molar-refractivity contribution is -0.130. The maximum absolute atomic E-state index is 13.0. The van der Waals surface area contributed by atoms with Crippen molar-refractivity contribution in [3.05, 3.63) is 70.1 Å². The zero-order chi connectivity index (χ0) is 19.7. The van der Waals surface area contributed by atoms with Crippen LogP contribution in [0.5, 0.6) is 0 Å². The quantitative estimate of drug-likeness (QED) is 0.543. The Labute approximate surface area is 170 Å². The molecule has 0 saturated carbocycles. The summed E-state index contributed by atoms with van der Waals surface area (Å²) in [5.41, 5.74) is 2.66. The predicted octanol–water partition coefficient (Wildman–Crippen LogP) is 3.49. The molecule has 0 aliphatic carbocycles. The average Bonchev–Trinajstić information content (AvgIpc) is 3.25. The molecule has 2 aromatic carbocycles. The lowest BCUT2D eigenvalue weighted by atomic mass is 10.1. The van der Waals surface area contributed by atoms with Gasteiger partial charge in [-0.15, -0.1) is 0 Å². The molecule has 7 heteroatoms. The van der Waals surface area contributed by atoms with E-state index in [9.17, 15) is 14.3 Å². The Balaban J connectivity index is 1.36. The summed E-state index contributed by atoms with van der Waals surface area (Å²) in [6.07, 6.45) is 1.77. The maximum atomic E-state index is 13.0. The molecule has 2 atom stereocenters. The van der Waals surface area contributed by atoms with Gasteiger partial charge in [0.15, 0.2) is 0 Å². The fourth-order valence-corrected chi connectivity index (χ4v) is 4.01. The van der Waals surface area contributed by atoms with Crippen LogP contribution in [0, 0.1) is 5.82 Å². The van der Waals surface area contributed by atoms with Gasteiger partial charge in [0.2, 0.25) is 5.91 Å². The van der Waals surface area contributed by atoms with Gasteiger partial charge in [-0.05, 0) is 42.3 Å². The van der Waals surface area contributed by atoms with Crippen molar-refractivity contribution >= 4 is 32.7 Å². The summed E-state index contributed by atoms with van der Waals surface area (Å²) in [7, 11) is 0. The highest BCUT2D eigenvalue weighted by molar-refractivity contribution is 9.10. The molecular formula is C21H21BrFN3O2. The molecular weight excluding hydrogens is 425 g/mol. The highest BCUT2D eigenvalue weighted by Crippen LogP contribution is 2.27. The molecule has 1 aliphatic rings. The molecule has 2 unspecified atom stereocenters. The largest absolute Gasteiger partial charge is 0.387 e. The van der Waals surface area contributed by atoms with E-state index in [2.05, 4.69) is 26.2 Å². The fourth-order valence-electron chi connectivity index (χ4n) is 3.65. The number of amides is 1. The Morgan fingerprint density at radius 2 is 2.07 bits per heavy atom. The number of carbonyl (C=O) groups excluding carboxylic acids is 1. The van der Waals surface area contributed by atoms with Crippen molar-refractivity contribution in [2.24, 2.45) is 0 Å². The Hall–Kier alpha value is -2.22. The Morgan fingerprint density at radius 1 is 1.29 bits per heavy atom. The third-order valence-corrected chi connectivity index (χ3v) is 5.67. The van der Waals surface area contributed by atoms with Gasteiger partial charge in [-0.3, -0.25) is 4.79 Å². The van der Waals surface area contributed by atoms with Crippen molar-refractivity contribution < 1.29 is 14.3 Å². The van der Waals surface area contributed by atoms with E-state index in [0.29, 0.717) is 26.1 Å². The van der Waals surface area contributed by atoms with Gasteiger partial charge in [-0.2, -0.15) is 0 Å². The minimum Gasteiger partial charge on any atom is -0.387 e. The number of fused-ring (bicyclic) bond motifs is 1. The average molecular weight is 446 g/mol.